The molecule has 3 rings (SSSR count). The molecule has 0 atom stereocenters. The predicted molar refractivity (Wildman–Crippen MR) is 115 cm³/mol. The lowest BCUT2D eigenvalue weighted by molar-refractivity contribution is -0.118. The van der Waals surface area contributed by atoms with Gasteiger partial charge in [-0.05, 0) is 54.1 Å². The molecule has 152 valence electrons. The van der Waals surface area contributed by atoms with Crippen LogP contribution in [0.25, 0.3) is 0 Å². The molecular formula is C23H21N3O4. The topological polar surface area (TPSA) is 89.0 Å². The van der Waals surface area contributed by atoms with E-state index in [4.69, 9.17) is 9.47 Å². The molecule has 2 N–H and O–H groups in total. The number of carbonyl (C=O) groups excluding carboxylic acids is 2. The van der Waals surface area contributed by atoms with E-state index in [2.05, 4.69) is 15.8 Å². The van der Waals surface area contributed by atoms with E-state index in [0.717, 1.165) is 5.56 Å². The Morgan fingerprint density at radius 1 is 0.933 bits per heavy atom. The van der Waals surface area contributed by atoms with E-state index in [1.807, 2.05) is 18.2 Å². The van der Waals surface area contributed by atoms with E-state index in [9.17, 15) is 9.59 Å². The number of methoxy groups -OCH3 is 1. The highest BCUT2D eigenvalue weighted by Gasteiger charge is 2.07. The number of carbonyl (C=O) groups is 2. The molecule has 0 saturated heterocycles. The monoisotopic (exact) mass is 403 g/mol. The van der Waals surface area contributed by atoms with Crippen molar-refractivity contribution in [2.75, 3.05) is 19.0 Å². The number of ether oxygens (including phenoxy) is 2. The zero-order valence-corrected chi connectivity index (χ0v) is 16.4. The molecule has 30 heavy (non-hydrogen) atoms. The van der Waals surface area contributed by atoms with Gasteiger partial charge in [-0.3, -0.25) is 9.59 Å². The molecular weight excluding hydrogens is 382 g/mol. The first kappa shape index (κ1) is 20.6. The zero-order chi connectivity index (χ0) is 21.2. The molecule has 0 aliphatic heterocycles. The first-order chi connectivity index (χ1) is 14.7. The number of hydrogen-bond donors (Lipinski definition) is 2. The second-order valence-corrected chi connectivity index (χ2v) is 6.17. The summed E-state index contributed by atoms with van der Waals surface area (Å²) in [5.41, 5.74) is 4.36. The summed E-state index contributed by atoms with van der Waals surface area (Å²) in [6.07, 6.45) is 1.53. The Kier molecular flexibility index (Phi) is 7.16. The van der Waals surface area contributed by atoms with Crippen molar-refractivity contribution in [1.82, 2.24) is 5.43 Å². The van der Waals surface area contributed by atoms with Crippen molar-refractivity contribution in [3.05, 3.63) is 90.0 Å². The van der Waals surface area contributed by atoms with Crippen molar-refractivity contribution in [3.8, 4) is 11.5 Å². The average molecular weight is 403 g/mol. The van der Waals surface area contributed by atoms with Gasteiger partial charge >= 0.3 is 0 Å². The van der Waals surface area contributed by atoms with Gasteiger partial charge in [0, 0.05) is 5.56 Å². The first-order valence-corrected chi connectivity index (χ1v) is 9.20. The Balaban J connectivity index is 1.47. The molecule has 0 aromatic heterocycles. The van der Waals surface area contributed by atoms with Gasteiger partial charge in [0.15, 0.2) is 6.61 Å². The molecule has 0 fully saturated rings. The highest BCUT2D eigenvalue weighted by atomic mass is 16.5. The molecule has 0 saturated carbocycles. The van der Waals surface area contributed by atoms with Gasteiger partial charge in [-0.2, -0.15) is 5.10 Å². The van der Waals surface area contributed by atoms with Gasteiger partial charge in [-0.1, -0.05) is 30.3 Å². The minimum Gasteiger partial charge on any atom is -0.495 e. The van der Waals surface area contributed by atoms with Gasteiger partial charge in [0.2, 0.25) is 0 Å². The number of rotatable bonds is 8. The Morgan fingerprint density at radius 3 is 2.37 bits per heavy atom. The number of nitrogens with zero attached hydrogens (tertiary/aromatic N) is 1. The maximum Gasteiger partial charge on any atom is 0.271 e. The molecule has 0 bridgehead atoms. The van der Waals surface area contributed by atoms with Crippen molar-refractivity contribution < 1.29 is 19.1 Å². The zero-order valence-electron chi connectivity index (χ0n) is 16.4. The summed E-state index contributed by atoms with van der Waals surface area (Å²) in [4.78, 5) is 24.0. The number of hydrazone groups is 1. The summed E-state index contributed by atoms with van der Waals surface area (Å²) >= 11 is 0. The molecule has 0 heterocycles. The fraction of sp³-hybridized carbons (Fsp3) is 0.0870. The molecule has 0 aliphatic carbocycles. The van der Waals surface area contributed by atoms with Gasteiger partial charge in [-0.25, -0.2) is 5.43 Å². The smallest absolute Gasteiger partial charge is 0.271 e. The minimum atomic E-state index is -0.297. The number of benzene rings is 3. The minimum absolute atomic E-state index is 0.140. The number of nitrogens with one attached hydrogen (secondary N) is 2. The van der Waals surface area contributed by atoms with Crippen molar-refractivity contribution in [2.24, 2.45) is 5.10 Å². The van der Waals surface area contributed by atoms with Crippen LogP contribution in [0.3, 0.4) is 0 Å². The Bertz CT molecular complexity index is 1020. The van der Waals surface area contributed by atoms with Crippen LogP contribution in [-0.4, -0.2) is 31.7 Å². The van der Waals surface area contributed by atoms with E-state index < -0.39 is 0 Å². The number of amides is 2. The third-order valence-corrected chi connectivity index (χ3v) is 4.05. The fourth-order valence-electron chi connectivity index (χ4n) is 2.55. The molecule has 0 aliphatic rings. The van der Waals surface area contributed by atoms with E-state index in [0.29, 0.717) is 22.7 Å². The summed E-state index contributed by atoms with van der Waals surface area (Å²) in [7, 11) is 1.54. The second-order valence-electron chi connectivity index (χ2n) is 6.17. The highest BCUT2D eigenvalue weighted by Crippen LogP contribution is 2.22. The molecule has 3 aromatic rings. The van der Waals surface area contributed by atoms with Crippen molar-refractivity contribution >= 4 is 23.7 Å². The van der Waals surface area contributed by atoms with E-state index in [-0.39, 0.29) is 18.4 Å². The van der Waals surface area contributed by atoms with Crippen LogP contribution in [-0.2, 0) is 4.79 Å². The lowest BCUT2D eigenvalue weighted by atomic mass is 10.2. The van der Waals surface area contributed by atoms with E-state index >= 15 is 0 Å². The van der Waals surface area contributed by atoms with Gasteiger partial charge in [0.05, 0.1) is 19.0 Å². The summed E-state index contributed by atoms with van der Waals surface area (Å²) < 4.78 is 10.7. The Labute approximate surface area is 174 Å². The molecule has 0 unspecified atom stereocenters. The summed E-state index contributed by atoms with van der Waals surface area (Å²) in [6.45, 7) is -0.140. The van der Waals surface area contributed by atoms with Gasteiger partial charge in [0.25, 0.3) is 11.8 Å². The van der Waals surface area contributed by atoms with Crippen LogP contribution in [0.15, 0.2) is 84.0 Å². The molecule has 7 nitrogen and oxygen atoms in total. The third kappa shape index (κ3) is 5.93. The van der Waals surface area contributed by atoms with Crippen LogP contribution in [0.5, 0.6) is 11.5 Å². The SMILES string of the molecule is COc1ccccc1NC(=O)COc1ccc(/C=N/NC(=O)c2ccccc2)cc1. The van der Waals surface area contributed by atoms with Crippen molar-refractivity contribution in [3.63, 3.8) is 0 Å². The average Bonchev–Trinajstić information content (AvgIpc) is 2.79. The summed E-state index contributed by atoms with van der Waals surface area (Å²) in [5, 5.41) is 6.69. The largest absolute Gasteiger partial charge is 0.495 e. The Hall–Kier alpha value is -4.13. The maximum absolute atomic E-state index is 12.1. The van der Waals surface area contributed by atoms with E-state index in [1.165, 1.54) is 6.21 Å². The van der Waals surface area contributed by atoms with Crippen LogP contribution in [0.1, 0.15) is 15.9 Å². The fourth-order valence-corrected chi connectivity index (χ4v) is 2.55. The van der Waals surface area contributed by atoms with Gasteiger partial charge in [0.1, 0.15) is 11.5 Å². The van der Waals surface area contributed by atoms with Crippen molar-refractivity contribution in [1.29, 1.82) is 0 Å². The second kappa shape index (κ2) is 10.4. The molecule has 0 radical (unpaired) electrons. The van der Waals surface area contributed by atoms with Crippen molar-refractivity contribution in [2.45, 2.75) is 0 Å². The standard InChI is InChI=1S/C23H21N3O4/c1-29-21-10-6-5-9-20(21)25-22(27)16-30-19-13-11-17(12-14-19)15-24-26-23(28)18-7-3-2-4-8-18/h2-15H,16H2,1H3,(H,25,27)(H,26,28)/b24-15+. The quantitative estimate of drug-likeness (QED) is 0.445. The van der Waals surface area contributed by atoms with Crippen LogP contribution < -0.4 is 20.2 Å². The van der Waals surface area contributed by atoms with Gasteiger partial charge in [-0.15, -0.1) is 0 Å². The van der Waals surface area contributed by atoms with E-state index in [1.54, 1.807) is 67.8 Å². The summed E-state index contributed by atoms with van der Waals surface area (Å²) in [6, 6.07) is 22.9. The lowest BCUT2D eigenvalue weighted by Gasteiger charge is -2.10. The number of hydrogen-bond acceptors (Lipinski definition) is 5. The van der Waals surface area contributed by atoms with Crippen LogP contribution in [0.4, 0.5) is 5.69 Å². The molecule has 0 spiro atoms. The molecule has 2 amide bonds. The third-order valence-electron chi connectivity index (χ3n) is 4.05. The summed E-state index contributed by atoms with van der Waals surface area (Å²) in [5.74, 6) is 0.533. The molecule has 7 heteroatoms. The first-order valence-electron chi connectivity index (χ1n) is 9.20. The predicted octanol–water partition coefficient (Wildman–Crippen LogP) is 3.48. The van der Waals surface area contributed by atoms with Crippen LogP contribution in [0, 0.1) is 0 Å². The maximum atomic E-state index is 12.1. The van der Waals surface area contributed by atoms with Gasteiger partial charge < -0.3 is 14.8 Å². The Morgan fingerprint density at radius 2 is 1.63 bits per heavy atom. The van der Waals surface area contributed by atoms with Crippen LogP contribution >= 0.6 is 0 Å². The number of anilines is 1. The lowest BCUT2D eigenvalue weighted by Crippen LogP contribution is -2.20. The normalized spacial score (nSPS) is 10.4. The highest BCUT2D eigenvalue weighted by molar-refractivity contribution is 5.95. The van der Waals surface area contributed by atoms with Crippen LogP contribution in [0.2, 0.25) is 0 Å². The number of para-hydroxylation sites is 2. The molecule has 3 aromatic carbocycles.